The Morgan fingerprint density at radius 2 is 2.08 bits per heavy atom. The third kappa shape index (κ3) is 1.42. The monoisotopic (exact) mass is 177 g/mol. The number of hydrogen-bond acceptors (Lipinski definition) is 2. The van der Waals surface area contributed by atoms with E-state index in [1.54, 1.807) is 7.11 Å². The molecule has 2 N–H and O–H groups in total. The molecular weight excluding hydrogens is 162 g/mol. The van der Waals surface area contributed by atoms with Gasteiger partial charge in [-0.1, -0.05) is 12.1 Å². The maximum atomic E-state index is 6.11. The molecule has 2 heteroatoms. The molecule has 0 atom stereocenters. The first-order valence-electron chi connectivity index (χ1n) is 4.60. The second-order valence-corrected chi connectivity index (χ2v) is 3.86. The van der Waals surface area contributed by atoms with Crippen LogP contribution in [0.1, 0.15) is 24.0 Å². The van der Waals surface area contributed by atoms with Crippen molar-refractivity contribution in [2.24, 2.45) is 5.73 Å². The van der Waals surface area contributed by atoms with Crippen LogP contribution in [0, 0.1) is 6.92 Å². The largest absolute Gasteiger partial charge is 0.496 e. The summed E-state index contributed by atoms with van der Waals surface area (Å²) in [5.74, 6) is 0.931. The molecule has 0 saturated heterocycles. The maximum absolute atomic E-state index is 6.11. The summed E-state index contributed by atoms with van der Waals surface area (Å²) >= 11 is 0. The Hall–Kier alpha value is -1.02. The lowest BCUT2D eigenvalue weighted by molar-refractivity contribution is 0.404. The van der Waals surface area contributed by atoms with Crippen LogP contribution in [-0.2, 0) is 5.54 Å². The standard InChI is InChI=1S/C11H15NO/c1-8-3-4-9(10(7-8)13-2)11(12)5-6-11/h3-4,7H,5-6,12H2,1-2H3. The highest BCUT2D eigenvalue weighted by Gasteiger charge is 2.41. The first kappa shape index (κ1) is 8.57. The number of ether oxygens (including phenoxy) is 1. The zero-order chi connectivity index (χ0) is 9.47. The van der Waals surface area contributed by atoms with E-state index < -0.39 is 0 Å². The minimum absolute atomic E-state index is 0.0982. The summed E-state index contributed by atoms with van der Waals surface area (Å²) in [6.07, 6.45) is 2.15. The molecule has 1 fully saturated rings. The van der Waals surface area contributed by atoms with Gasteiger partial charge in [0.2, 0.25) is 0 Å². The molecule has 2 nitrogen and oxygen atoms in total. The van der Waals surface area contributed by atoms with Gasteiger partial charge in [-0.2, -0.15) is 0 Å². The molecule has 1 aromatic carbocycles. The second kappa shape index (κ2) is 2.74. The lowest BCUT2D eigenvalue weighted by Crippen LogP contribution is -2.19. The van der Waals surface area contributed by atoms with Crippen molar-refractivity contribution < 1.29 is 4.74 Å². The normalized spacial score (nSPS) is 18.4. The molecule has 1 saturated carbocycles. The van der Waals surface area contributed by atoms with E-state index in [2.05, 4.69) is 19.1 Å². The van der Waals surface area contributed by atoms with Gasteiger partial charge in [0.25, 0.3) is 0 Å². The van der Waals surface area contributed by atoms with E-state index in [-0.39, 0.29) is 5.54 Å². The van der Waals surface area contributed by atoms with Crippen molar-refractivity contribution in [3.8, 4) is 5.75 Å². The summed E-state index contributed by atoms with van der Waals surface area (Å²) in [7, 11) is 1.70. The van der Waals surface area contributed by atoms with Crippen LogP contribution < -0.4 is 10.5 Å². The van der Waals surface area contributed by atoms with Gasteiger partial charge >= 0.3 is 0 Å². The molecule has 1 aromatic rings. The van der Waals surface area contributed by atoms with E-state index >= 15 is 0 Å². The highest BCUT2D eigenvalue weighted by atomic mass is 16.5. The summed E-state index contributed by atoms with van der Waals surface area (Å²) in [4.78, 5) is 0. The van der Waals surface area contributed by atoms with Crippen molar-refractivity contribution in [1.29, 1.82) is 0 Å². The zero-order valence-corrected chi connectivity index (χ0v) is 8.13. The average molecular weight is 177 g/mol. The minimum atomic E-state index is -0.0982. The Morgan fingerprint density at radius 3 is 2.62 bits per heavy atom. The van der Waals surface area contributed by atoms with E-state index in [1.807, 2.05) is 6.07 Å². The van der Waals surface area contributed by atoms with E-state index in [0.717, 1.165) is 24.2 Å². The molecule has 0 amide bonds. The number of benzene rings is 1. The fourth-order valence-corrected chi connectivity index (χ4v) is 1.61. The molecule has 0 aromatic heterocycles. The SMILES string of the molecule is COc1cc(C)ccc1C1(N)CC1. The van der Waals surface area contributed by atoms with Gasteiger partial charge in [-0.05, 0) is 31.4 Å². The van der Waals surface area contributed by atoms with Gasteiger partial charge in [0, 0.05) is 11.1 Å². The summed E-state index contributed by atoms with van der Waals surface area (Å²) in [6, 6.07) is 6.22. The summed E-state index contributed by atoms with van der Waals surface area (Å²) in [5.41, 5.74) is 8.38. The predicted octanol–water partition coefficient (Wildman–Crippen LogP) is 1.95. The van der Waals surface area contributed by atoms with Crippen LogP contribution in [-0.4, -0.2) is 7.11 Å². The van der Waals surface area contributed by atoms with E-state index in [4.69, 9.17) is 10.5 Å². The molecule has 0 radical (unpaired) electrons. The van der Waals surface area contributed by atoms with E-state index in [9.17, 15) is 0 Å². The minimum Gasteiger partial charge on any atom is -0.496 e. The van der Waals surface area contributed by atoms with Crippen LogP contribution in [0.5, 0.6) is 5.75 Å². The third-order valence-corrected chi connectivity index (χ3v) is 2.68. The Balaban J connectivity index is 2.45. The topological polar surface area (TPSA) is 35.2 Å². The molecule has 0 spiro atoms. The van der Waals surface area contributed by atoms with Crippen LogP contribution in [0.4, 0.5) is 0 Å². The van der Waals surface area contributed by atoms with Crippen molar-refractivity contribution in [1.82, 2.24) is 0 Å². The van der Waals surface area contributed by atoms with Crippen molar-refractivity contribution >= 4 is 0 Å². The first-order chi connectivity index (χ1) is 6.15. The fraction of sp³-hybridized carbons (Fsp3) is 0.455. The Morgan fingerprint density at radius 1 is 1.38 bits per heavy atom. The van der Waals surface area contributed by atoms with Crippen LogP contribution in [0.15, 0.2) is 18.2 Å². The van der Waals surface area contributed by atoms with Crippen LogP contribution in [0.25, 0.3) is 0 Å². The number of methoxy groups -OCH3 is 1. The van der Waals surface area contributed by atoms with E-state index in [1.165, 1.54) is 5.56 Å². The van der Waals surface area contributed by atoms with Crippen LogP contribution >= 0.6 is 0 Å². The predicted molar refractivity (Wildman–Crippen MR) is 52.8 cm³/mol. The van der Waals surface area contributed by atoms with Gasteiger partial charge in [-0.25, -0.2) is 0 Å². The van der Waals surface area contributed by atoms with Crippen molar-refractivity contribution in [3.05, 3.63) is 29.3 Å². The van der Waals surface area contributed by atoms with Crippen LogP contribution in [0.2, 0.25) is 0 Å². The van der Waals surface area contributed by atoms with Gasteiger partial charge in [0.05, 0.1) is 7.11 Å². The summed E-state index contributed by atoms with van der Waals surface area (Å²) in [6.45, 7) is 2.06. The van der Waals surface area contributed by atoms with Gasteiger partial charge < -0.3 is 10.5 Å². The van der Waals surface area contributed by atoms with Gasteiger partial charge in [0.15, 0.2) is 0 Å². The molecule has 0 unspecified atom stereocenters. The summed E-state index contributed by atoms with van der Waals surface area (Å²) < 4.78 is 5.31. The highest BCUT2D eigenvalue weighted by Crippen LogP contribution is 2.46. The Labute approximate surface area is 78.7 Å². The molecule has 0 bridgehead atoms. The Bertz CT molecular complexity index is 329. The van der Waals surface area contributed by atoms with Crippen molar-refractivity contribution in [2.45, 2.75) is 25.3 Å². The number of aryl methyl sites for hydroxylation is 1. The summed E-state index contributed by atoms with van der Waals surface area (Å²) in [5, 5.41) is 0. The first-order valence-corrected chi connectivity index (χ1v) is 4.60. The average Bonchev–Trinajstić information content (AvgIpc) is 2.84. The maximum Gasteiger partial charge on any atom is 0.124 e. The molecular formula is C11H15NO. The number of rotatable bonds is 2. The zero-order valence-electron chi connectivity index (χ0n) is 8.13. The lowest BCUT2D eigenvalue weighted by atomic mass is 10.0. The second-order valence-electron chi connectivity index (χ2n) is 3.86. The highest BCUT2D eigenvalue weighted by molar-refractivity contribution is 5.44. The molecule has 70 valence electrons. The molecule has 1 aliphatic carbocycles. The van der Waals surface area contributed by atoms with Crippen molar-refractivity contribution in [2.75, 3.05) is 7.11 Å². The third-order valence-electron chi connectivity index (χ3n) is 2.68. The van der Waals surface area contributed by atoms with Gasteiger partial charge in [-0.3, -0.25) is 0 Å². The molecule has 2 rings (SSSR count). The molecule has 1 aliphatic rings. The lowest BCUT2D eigenvalue weighted by Gasteiger charge is -2.14. The Kier molecular flexibility index (Phi) is 1.81. The van der Waals surface area contributed by atoms with Gasteiger partial charge in [-0.15, -0.1) is 0 Å². The smallest absolute Gasteiger partial charge is 0.124 e. The van der Waals surface area contributed by atoms with Crippen molar-refractivity contribution in [3.63, 3.8) is 0 Å². The van der Waals surface area contributed by atoms with E-state index in [0.29, 0.717) is 0 Å². The molecule has 0 aliphatic heterocycles. The van der Waals surface area contributed by atoms with Gasteiger partial charge in [0.1, 0.15) is 5.75 Å². The number of hydrogen-bond donors (Lipinski definition) is 1. The quantitative estimate of drug-likeness (QED) is 0.749. The molecule has 0 heterocycles. The number of nitrogens with two attached hydrogens (primary N) is 1. The fourth-order valence-electron chi connectivity index (χ4n) is 1.61. The molecule has 13 heavy (non-hydrogen) atoms. The van der Waals surface area contributed by atoms with Crippen LogP contribution in [0.3, 0.4) is 0 Å².